The molecule has 3 nitrogen and oxygen atoms in total. The Bertz CT molecular complexity index is 415. The average molecular weight is 249 g/mol. The van der Waals surface area contributed by atoms with Gasteiger partial charge in [-0.2, -0.15) is 0 Å². The Hall–Kier alpha value is -1.22. The van der Waals surface area contributed by atoms with E-state index in [0.29, 0.717) is 5.92 Å². The highest BCUT2D eigenvalue weighted by molar-refractivity contribution is 5.48. The van der Waals surface area contributed by atoms with E-state index < -0.39 is 0 Å². The molecule has 2 rings (SSSR count). The molecular formula is C15H23NO2. The van der Waals surface area contributed by atoms with Crippen molar-refractivity contribution in [3.8, 4) is 11.5 Å². The standard InChI is InChI=1S/C15H23NO2/c1-10(2)8-16-9-13-7-15-12(5-11(3)18-15)6-14(13)17-4/h6-7,10-11,16H,5,8-9H2,1-4H3. The maximum absolute atomic E-state index is 5.79. The van der Waals surface area contributed by atoms with Crippen molar-refractivity contribution in [2.45, 2.75) is 39.8 Å². The fourth-order valence-electron chi connectivity index (χ4n) is 2.31. The normalized spacial score (nSPS) is 17.7. The molecule has 1 N–H and O–H groups in total. The molecule has 1 aromatic rings. The smallest absolute Gasteiger partial charge is 0.123 e. The summed E-state index contributed by atoms with van der Waals surface area (Å²) in [5.41, 5.74) is 2.43. The Morgan fingerprint density at radius 2 is 2.22 bits per heavy atom. The zero-order valence-electron chi connectivity index (χ0n) is 11.7. The third-order valence-electron chi connectivity index (χ3n) is 3.17. The van der Waals surface area contributed by atoms with Gasteiger partial charge < -0.3 is 14.8 Å². The van der Waals surface area contributed by atoms with Crippen LogP contribution in [0, 0.1) is 5.92 Å². The summed E-state index contributed by atoms with van der Waals surface area (Å²) in [5.74, 6) is 2.63. The first-order chi connectivity index (χ1) is 8.60. The average Bonchev–Trinajstić information content (AvgIpc) is 2.66. The molecule has 100 valence electrons. The third-order valence-corrected chi connectivity index (χ3v) is 3.17. The number of fused-ring (bicyclic) bond motifs is 1. The maximum atomic E-state index is 5.79. The molecule has 1 aliphatic heterocycles. The van der Waals surface area contributed by atoms with E-state index in [2.05, 4.69) is 38.2 Å². The number of methoxy groups -OCH3 is 1. The summed E-state index contributed by atoms with van der Waals surface area (Å²) in [7, 11) is 1.73. The van der Waals surface area contributed by atoms with Gasteiger partial charge in [-0.25, -0.2) is 0 Å². The topological polar surface area (TPSA) is 30.5 Å². The van der Waals surface area contributed by atoms with E-state index in [4.69, 9.17) is 9.47 Å². The van der Waals surface area contributed by atoms with Gasteiger partial charge >= 0.3 is 0 Å². The Morgan fingerprint density at radius 3 is 2.89 bits per heavy atom. The summed E-state index contributed by atoms with van der Waals surface area (Å²) >= 11 is 0. The first kappa shape index (κ1) is 13.2. The summed E-state index contributed by atoms with van der Waals surface area (Å²) in [4.78, 5) is 0. The molecule has 1 aromatic carbocycles. The highest BCUT2D eigenvalue weighted by Gasteiger charge is 2.21. The molecule has 0 spiro atoms. The second-order valence-corrected chi connectivity index (χ2v) is 5.43. The number of hydrogen-bond donors (Lipinski definition) is 1. The molecule has 0 radical (unpaired) electrons. The van der Waals surface area contributed by atoms with Crippen LogP contribution in [-0.4, -0.2) is 19.8 Å². The van der Waals surface area contributed by atoms with Gasteiger partial charge in [-0.1, -0.05) is 13.8 Å². The van der Waals surface area contributed by atoms with Crippen molar-refractivity contribution in [2.24, 2.45) is 5.92 Å². The molecule has 1 atom stereocenters. The Balaban J connectivity index is 2.12. The van der Waals surface area contributed by atoms with E-state index >= 15 is 0 Å². The molecule has 18 heavy (non-hydrogen) atoms. The summed E-state index contributed by atoms with van der Waals surface area (Å²) in [6.45, 7) is 8.35. The molecule has 1 heterocycles. The van der Waals surface area contributed by atoms with Crippen LogP contribution in [0.3, 0.4) is 0 Å². The fourth-order valence-corrected chi connectivity index (χ4v) is 2.31. The zero-order valence-corrected chi connectivity index (χ0v) is 11.7. The lowest BCUT2D eigenvalue weighted by molar-refractivity contribution is 0.254. The minimum atomic E-state index is 0.281. The number of hydrogen-bond acceptors (Lipinski definition) is 3. The molecule has 0 saturated carbocycles. The lowest BCUT2D eigenvalue weighted by atomic mass is 10.1. The molecule has 0 amide bonds. The van der Waals surface area contributed by atoms with Gasteiger partial charge in [0.15, 0.2) is 0 Å². The van der Waals surface area contributed by atoms with Crippen LogP contribution in [0.15, 0.2) is 12.1 Å². The zero-order chi connectivity index (χ0) is 13.1. The van der Waals surface area contributed by atoms with Gasteiger partial charge in [-0.15, -0.1) is 0 Å². The lowest BCUT2D eigenvalue weighted by Gasteiger charge is -2.13. The van der Waals surface area contributed by atoms with Gasteiger partial charge in [0.25, 0.3) is 0 Å². The van der Waals surface area contributed by atoms with Crippen LogP contribution >= 0.6 is 0 Å². The first-order valence-corrected chi connectivity index (χ1v) is 6.67. The Labute approximate surface area is 109 Å². The third kappa shape index (κ3) is 2.96. The van der Waals surface area contributed by atoms with E-state index in [1.807, 2.05) is 0 Å². The Morgan fingerprint density at radius 1 is 1.44 bits per heavy atom. The van der Waals surface area contributed by atoms with E-state index in [1.165, 1.54) is 11.1 Å². The summed E-state index contributed by atoms with van der Waals surface area (Å²) in [5, 5.41) is 3.44. The van der Waals surface area contributed by atoms with Gasteiger partial charge in [-0.05, 0) is 31.5 Å². The quantitative estimate of drug-likeness (QED) is 0.870. The lowest BCUT2D eigenvalue weighted by Crippen LogP contribution is -2.19. The number of nitrogens with one attached hydrogen (secondary N) is 1. The molecule has 0 aromatic heterocycles. The minimum absolute atomic E-state index is 0.281. The minimum Gasteiger partial charge on any atom is -0.496 e. The summed E-state index contributed by atoms with van der Waals surface area (Å²) in [6.07, 6.45) is 1.26. The highest BCUT2D eigenvalue weighted by Crippen LogP contribution is 2.34. The van der Waals surface area contributed by atoms with Crippen molar-refractivity contribution in [1.82, 2.24) is 5.32 Å². The van der Waals surface area contributed by atoms with E-state index in [1.54, 1.807) is 7.11 Å². The number of rotatable bonds is 5. The first-order valence-electron chi connectivity index (χ1n) is 6.67. The molecule has 0 saturated heterocycles. The molecule has 1 aliphatic rings. The predicted molar refractivity (Wildman–Crippen MR) is 73.3 cm³/mol. The van der Waals surface area contributed by atoms with Gasteiger partial charge in [0.1, 0.15) is 17.6 Å². The molecule has 3 heteroatoms. The second-order valence-electron chi connectivity index (χ2n) is 5.43. The van der Waals surface area contributed by atoms with Gasteiger partial charge in [0.05, 0.1) is 7.11 Å². The number of benzene rings is 1. The van der Waals surface area contributed by atoms with Crippen LogP contribution in [0.25, 0.3) is 0 Å². The monoisotopic (exact) mass is 249 g/mol. The van der Waals surface area contributed by atoms with Crippen LogP contribution in [0.2, 0.25) is 0 Å². The van der Waals surface area contributed by atoms with E-state index in [-0.39, 0.29) is 6.10 Å². The van der Waals surface area contributed by atoms with Gasteiger partial charge in [-0.3, -0.25) is 0 Å². The second kappa shape index (κ2) is 5.61. The van der Waals surface area contributed by atoms with Gasteiger partial charge in [0, 0.05) is 24.1 Å². The molecule has 0 bridgehead atoms. The largest absolute Gasteiger partial charge is 0.496 e. The van der Waals surface area contributed by atoms with Gasteiger partial charge in [0.2, 0.25) is 0 Å². The van der Waals surface area contributed by atoms with Crippen molar-refractivity contribution in [1.29, 1.82) is 0 Å². The van der Waals surface area contributed by atoms with Crippen LogP contribution in [-0.2, 0) is 13.0 Å². The predicted octanol–water partition coefficient (Wildman–Crippen LogP) is 2.76. The van der Waals surface area contributed by atoms with Crippen LogP contribution < -0.4 is 14.8 Å². The maximum Gasteiger partial charge on any atom is 0.123 e. The van der Waals surface area contributed by atoms with Crippen LogP contribution in [0.1, 0.15) is 31.9 Å². The van der Waals surface area contributed by atoms with Crippen molar-refractivity contribution in [3.63, 3.8) is 0 Å². The molecule has 0 fully saturated rings. The van der Waals surface area contributed by atoms with E-state index in [9.17, 15) is 0 Å². The molecule has 0 aliphatic carbocycles. The number of ether oxygens (including phenoxy) is 2. The van der Waals surface area contributed by atoms with Crippen LogP contribution in [0.4, 0.5) is 0 Å². The van der Waals surface area contributed by atoms with Crippen molar-refractivity contribution in [3.05, 3.63) is 23.3 Å². The van der Waals surface area contributed by atoms with Crippen molar-refractivity contribution in [2.75, 3.05) is 13.7 Å². The van der Waals surface area contributed by atoms with Crippen molar-refractivity contribution < 1.29 is 9.47 Å². The van der Waals surface area contributed by atoms with Crippen LogP contribution in [0.5, 0.6) is 11.5 Å². The summed E-state index contributed by atoms with van der Waals surface area (Å²) in [6, 6.07) is 4.23. The summed E-state index contributed by atoms with van der Waals surface area (Å²) < 4.78 is 11.3. The molecule has 1 unspecified atom stereocenters. The SMILES string of the molecule is COc1cc2c(cc1CNCC(C)C)OC(C)C2. The van der Waals surface area contributed by atoms with E-state index in [0.717, 1.165) is 31.0 Å². The fraction of sp³-hybridized carbons (Fsp3) is 0.600. The molecular weight excluding hydrogens is 226 g/mol. The van der Waals surface area contributed by atoms with Crippen molar-refractivity contribution >= 4 is 0 Å². The Kier molecular flexibility index (Phi) is 4.12. The highest BCUT2D eigenvalue weighted by atomic mass is 16.5.